The minimum absolute atomic E-state index is 0.143. The molecule has 1 fully saturated rings. The van der Waals surface area contributed by atoms with Crippen molar-refractivity contribution in [3.63, 3.8) is 0 Å². The number of benzene rings is 2. The molecule has 0 radical (unpaired) electrons. The van der Waals surface area contributed by atoms with E-state index in [-0.39, 0.29) is 17.4 Å². The first-order valence-electron chi connectivity index (χ1n) is 14.8. The van der Waals surface area contributed by atoms with Crippen molar-refractivity contribution in [2.24, 2.45) is 17.8 Å². The smallest absolute Gasteiger partial charge is 0.264 e. The van der Waals surface area contributed by atoms with Crippen LogP contribution in [0.25, 0.3) is 0 Å². The van der Waals surface area contributed by atoms with E-state index in [1.807, 2.05) is 37.3 Å². The summed E-state index contributed by atoms with van der Waals surface area (Å²) in [5, 5.41) is 10.9. The molecule has 2 aliphatic heterocycles. The fourth-order valence-corrected chi connectivity index (χ4v) is 7.64. The third-order valence-corrected chi connectivity index (χ3v) is 11.4. The summed E-state index contributed by atoms with van der Waals surface area (Å²) in [4.78, 5) is 15.6. The van der Waals surface area contributed by atoms with Gasteiger partial charge in [-0.1, -0.05) is 43.2 Å². The lowest BCUT2D eigenvalue weighted by Crippen LogP contribution is -2.43. The van der Waals surface area contributed by atoms with Crippen LogP contribution in [0, 0.1) is 17.8 Å². The minimum Gasteiger partial charge on any atom is -0.487 e. The second-order valence-electron chi connectivity index (χ2n) is 12.0. The number of ether oxygens (including phenoxy) is 1. The Morgan fingerprint density at radius 1 is 1.05 bits per heavy atom. The van der Waals surface area contributed by atoms with Gasteiger partial charge in [-0.3, -0.25) is 4.79 Å². The highest BCUT2D eigenvalue weighted by Gasteiger charge is 2.37. The molecule has 7 nitrogen and oxygen atoms in total. The van der Waals surface area contributed by atoms with Gasteiger partial charge in [-0.2, -0.15) is 0 Å². The fraction of sp³-hybridized carbons (Fsp3) is 0.531. The third kappa shape index (κ3) is 6.92. The van der Waals surface area contributed by atoms with Gasteiger partial charge in [-0.05, 0) is 105 Å². The molecule has 2 aromatic carbocycles. The molecule has 5 atom stereocenters. The molecule has 1 aliphatic carbocycles. The van der Waals surface area contributed by atoms with Crippen molar-refractivity contribution in [1.29, 1.82) is 0 Å². The lowest BCUT2D eigenvalue weighted by molar-refractivity contribution is 0.0461. The summed E-state index contributed by atoms with van der Waals surface area (Å²) in [6.45, 7) is 5.33. The number of halogens is 1. The van der Waals surface area contributed by atoms with Gasteiger partial charge >= 0.3 is 0 Å². The highest BCUT2D eigenvalue weighted by atomic mass is 35.5. The summed E-state index contributed by atoms with van der Waals surface area (Å²) in [6.07, 6.45) is 9.58. The number of carbonyl (C=O) groups is 1. The number of aliphatic hydroxyl groups excluding tert-OH is 1. The normalized spacial score (nSPS) is 29.7. The first-order chi connectivity index (χ1) is 19.6. The Kier molecular flexibility index (Phi) is 9.31. The standard InChI is InChI=1S/C32H41ClN2O5S/c1-21-7-6-9-30(36)28-14-11-25(28)19-35-16-5-3-4-8-23-17-27(33)13-10-26(23)20-40-31-15-12-24(18-29(31)35)32(37)34-41(38,39)22(21)2/h6,9-10,12-13,15,17-18,21-22,25,28,30,36H,3-5,7-8,11,14,16,19-20H2,1-2H3,(H,34,37)/b9-6+/t21?,22?,25?,28?,30-/m0/s1. The van der Waals surface area contributed by atoms with Gasteiger partial charge < -0.3 is 14.7 Å². The van der Waals surface area contributed by atoms with Gasteiger partial charge in [-0.25, -0.2) is 13.1 Å². The number of anilines is 1. The molecule has 4 unspecified atom stereocenters. The van der Waals surface area contributed by atoms with Crippen molar-refractivity contribution in [1.82, 2.24) is 4.72 Å². The molecule has 9 heteroatoms. The average molecular weight is 601 g/mol. The van der Waals surface area contributed by atoms with Crippen molar-refractivity contribution in [3.8, 4) is 5.75 Å². The van der Waals surface area contributed by atoms with Crippen molar-refractivity contribution in [3.05, 3.63) is 70.3 Å². The Morgan fingerprint density at radius 2 is 1.88 bits per heavy atom. The number of aliphatic hydroxyl groups is 1. The molecule has 222 valence electrons. The number of amides is 1. The molecular formula is C32H41ClN2O5S. The van der Waals surface area contributed by atoms with Gasteiger partial charge in [0.1, 0.15) is 12.4 Å². The minimum atomic E-state index is -3.91. The first-order valence-corrected chi connectivity index (χ1v) is 16.7. The van der Waals surface area contributed by atoms with E-state index < -0.39 is 27.3 Å². The maximum Gasteiger partial charge on any atom is 0.264 e. The largest absolute Gasteiger partial charge is 0.487 e. The van der Waals surface area contributed by atoms with Gasteiger partial charge in [-0.15, -0.1) is 0 Å². The Labute approximate surface area is 249 Å². The second kappa shape index (κ2) is 12.8. The Hall–Kier alpha value is -2.55. The van der Waals surface area contributed by atoms with Gasteiger partial charge in [0, 0.05) is 23.7 Å². The predicted molar refractivity (Wildman–Crippen MR) is 163 cm³/mol. The van der Waals surface area contributed by atoms with Crippen LogP contribution in [0.15, 0.2) is 48.6 Å². The van der Waals surface area contributed by atoms with Gasteiger partial charge in [0.05, 0.1) is 17.0 Å². The number of fused-ring (bicyclic) bond motifs is 3. The Morgan fingerprint density at radius 3 is 2.66 bits per heavy atom. The number of sulfonamides is 1. The molecule has 2 N–H and O–H groups in total. The molecule has 0 saturated heterocycles. The lowest BCUT2D eigenvalue weighted by Gasteiger charge is -2.42. The number of allylic oxidation sites excluding steroid dienone is 1. The number of carbonyl (C=O) groups excluding carboxylic acids is 1. The molecular weight excluding hydrogens is 560 g/mol. The van der Waals surface area contributed by atoms with Crippen LogP contribution >= 0.6 is 11.6 Å². The zero-order valence-corrected chi connectivity index (χ0v) is 25.5. The van der Waals surface area contributed by atoms with Crippen LogP contribution in [-0.2, 0) is 23.1 Å². The zero-order valence-electron chi connectivity index (χ0n) is 23.9. The monoisotopic (exact) mass is 600 g/mol. The Bertz CT molecular complexity index is 1390. The van der Waals surface area contributed by atoms with E-state index in [1.54, 1.807) is 25.1 Å². The Balaban J connectivity index is 1.54. The van der Waals surface area contributed by atoms with Crippen molar-refractivity contribution >= 4 is 33.2 Å². The highest BCUT2D eigenvalue weighted by molar-refractivity contribution is 7.90. The molecule has 1 saturated carbocycles. The van der Waals surface area contributed by atoms with Gasteiger partial charge in [0.2, 0.25) is 10.0 Å². The van der Waals surface area contributed by atoms with E-state index >= 15 is 0 Å². The molecule has 1 amide bonds. The number of aryl methyl sites for hydroxylation is 1. The van der Waals surface area contributed by atoms with Crippen LogP contribution in [0.5, 0.6) is 5.75 Å². The summed E-state index contributed by atoms with van der Waals surface area (Å²) in [5.74, 6) is 0.222. The topological polar surface area (TPSA) is 95.9 Å². The van der Waals surface area contributed by atoms with Crippen molar-refractivity contribution < 1.29 is 23.1 Å². The molecule has 0 spiro atoms. The highest BCUT2D eigenvalue weighted by Crippen LogP contribution is 2.41. The quantitative estimate of drug-likeness (QED) is 0.367. The van der Waals surface area contributed by atoms with Crippen molar-refractivity contribution in [2.75, 3.05) is 18.0 Å². The van der Waals surface area contributed by atoms with Gasteiger partial charge in [0.15, 0.2) is 0 Å². The van der Waals surface area contributed by atoms with Crippen LogP contribution in [0.1, 0.15) is 73.9 Å². The maximum atomic E-state index is 13.3. The fourth-order valence-electron chi connectivity index (χ4n) is 6.16. The van der Waals surface area contributed by atoms with E-state index in [0.717, 1.165) is 62.9 Å². The number of hydrogen-bond acceptors (Lipinski definition) is 6. The van der Waals surface area contributed by atoms with E-state index in [9.17, 15) is 18.3 Å². The molecule has 0 aromatic heterocycles. The average Bonchev–Trinajstić information content (AvgIpc) is 2.91. The molecule has 2 bridgehead atoms. The van der Waals surface area contributed by atoms with Crippen molar-refractivity contribution in [2.45, 2.75) is 76.8 Å². The van der Waals surface area contributed by atoms with Crippen LogP contribution in [0.2, 0.25) is 5.02 Å². The molecule has 5 rings (SSSR count). The van der Waals surface area contributed by atoms with Crippen LogP contribution in [0.4, 0.5) is 5.69 Å². The third-order valence-electron chi connectivity index (χ3n) is 9.22. The van der Waals surface area contributed by atoms with E-state index in [1.165, 1.54) is 5.56 Å². The summed E-state index contributed by atoms with van der Waals surface area (Å²) >= 11 is 6.30. The summed E-state index contributed by atoms with van der Waals surface area (Å²) < 4.78 is 35.0. The number of nitrogens with one attached hydrogen (secondary N) is 1. The maximum absolute atomic E-state index is 13.3. The summed E-state index contributed by atoms with van der Waals surface area (Å²) in [7, 11) is -3.91. The lowest BCUT2D eigenvalue weighted by atomic mass is 9.70. The summed E-state index contributed by atoms with van der Waals surface area (Å²) in [5.41, 5.74) is 3.31. The second-order valence-corrected chi connectivity index (χ2v) is 14.4. The number of rotatable bonds is 0. The molecule has 2 heterocycles. The zero-order chi connectivity index (χ0) is 29.1. The first kappa shape index (κ1) is 29.9. The van der Waals surface area contributed by atoms with E-state index in [4.69, 9.17) is 16.3 Å². The number of hydrogen-bond donors (Lipinski definition) is 2. The molecule has 3 aliphatic rings. The van der Waals surface area contributed by atoms with E-state index in [0.29, 0.717) is 29.7 Å². The SMILES string of the molecule is CC1C/C=C/[C@H](O)C2CCC2CN2CCCCCc3cc(Cl)ccc3COc3ccc(cc32)C(=O)NS(=O)(=O)C1C. The molecule has 41 heavy (non-hydrogen) atoms. The van der Waals surface area contributed by atoms with Crippen LogP contribution in [-0.4, -0.2) is 43.9 Å². The van der Waals surface area contributed by atoms with Gasteiger partial charge in [0.25, 0.3) is 5.91 Å². The summed E-state index contributed by atoms with van der Waals surface area (Å²) in [6, 6.07) is 11.1. The molecule has 2 aromatic rings. The van der Waals surface area contributed by atoms with E-state index in [2.05, 4.69) is 9.62 Å². The van der Waals surface area contributed by atoms with Crippen LogP contribution in [0.3, 0.4) is 0 Å². The van der Waals surface area contributed by atoms with Crippen LogP contribution < -0.4 is 14.4 Å². The predicted octanol–water partition coefficient (Wildman–Crippen LogP) is 5.88. The number of nitrogens with zero attached hydrogens (tertiary/aromatic N) is 1.